The van der Waals surface area contributed by atoms with Gasteiger partial charge >= 0.3 is 6.09 Å². The van der Waals surface area contributed by atoms with Gasteiger partial charge in [-0.05, 0) is 6.07 Å². The number of fused-ring (bicyclic) bond motifs is 1. The molecule has 0 saturated heterocycles. The van der Waals surface area contributed by atoms with Crippen molar-refractivity contribution in [2.24, 2.45) is 0 Å². The first-order valence-corrected chi connectivity index (χ1v) is 5.91. The largest absolute Gasteiger partial charge is 0.452 e. The van der Waals surface area contributed by atoms with Gasteiger partial charge in [0.25, 0.3) is 0 Å². The number of aromatic nitrogens is 3. The smallest absolute Gasteiger partial charge is 0.418 e. The minimum absolute atomic E-state index is 0.484. The molecule has 0 fully saturated rings. The summed E-state index contributed by atoms with van der Waals surface area (Å²) >= 11 is 0. The average molecular weight is 272 g/mol. The Hall–Kier alpha value is -2.83. The zero-order valence-electron chi connectivity index (χ0n) is 11.0. The first kappa shape index (κ1) is 12.2. The Morgan fingerprint density at radius 3 is 2.90 bits per heavy atom. The van der Waals surface area contributed by atoms with Gasteiger partial charge in [-0.2, -0.15) is 0 Å². The van der Waals surface area contributed by atoms with Crippen molar-refractivity contribution in [3.05, 3.63) is 30.9 Å². The lowest BCUT2D eigenvalue weighted by Gasteiger charge is -2.06. The van der Waals surface area contributed by atoms with Crippen LogP contribution < -0.4 is 5.32 Å². The van der Waals surface area contributed by atoms with Gasteiger partial charge in [0.1, 0.15) is 5.82 Å². The second-order valence-electron chi connectivity index (χ2n) is 4.08. The van der Waals surface area contributed by atoms with E-state index < -0.39 is 6.09 Å². The first-order chi connectivity index (χ1) is 9.74. The van der Waals surface area contributed by atoms with E-state index in [9.17, 15) is 4.79 Å². The van der Waals surface area contributed by atoms with E-state index >= 15 is 0 Å². The molecule has 0 aromatic carbocycles. The number of hydrogen-bond donors (Lipinski definition) is 1. The minimum atomic E-state index is -0.500. The van der Waals surface area contributed by atoms with E-state index in [1.165, 1.54) is 18.1 Å². The number of rotatable bonds is 2. The summed E-state index contributed by atoms with van der Waals surface area (Å²) < 4.78 is 11.5. The van der Waals surface area contributed by atoms with Crippen molar-refractivity contribution in [3.63, 3.8) is 0 Å². The highest BCUT2D eigenvalue weighted by molar-refractivity contribution is 5.96. The lowest BCUT2D eigenvalue weighted by molar-refractivity contribution is 0.174. The molecule has 102 valence electrons. The number of methoxy groups -OCH3 is 1. The van der Waals surface area contributed by atoms with Gasteiger partial charge in [-0.1, -0.05) is 0 Å². The normalized spacial score (nSPS) is 10.7. The van der Waals surface area contributed by atoms with E-state index in [2.05, 4.69) is 15.3 Å². The Morgan fingerprint density at radius 1 is 1.40 bits per heavy atom. The topological polar surface area (TPSA) is 82.2 Å². The standard InChI is InChI=1S/C13H12N4O3/c1-14-12-4-9-8(5-16-12)3-10(11-6-15-7-20-11)17(9)13(18)19-2/h3-7H,1-2H3,(H,14,16). The molecule has 0 unspecified atom stereocenters. The zero-order valence-corrected chi connectivity index (χ0v) is 11.0. The Morgan fingerprint density at radius 2 is 2.25 bits per heavy atom. The summed E-state index contributed by atoms with van der Waals surface area (Å²) in [5, 5.41) is 3.74. The van der Waals surface area contributed by atoms with Gasteiger partial charge in [-0.15, -0.1) is 0 Å². The molecule has 0 bridgehead atoms. The van der Waals surface area contributed by atoms with Crippen molar-refractivity contribution >= 4 is 22.8 Å². The Labute approximate surface area is 114 Å². The second kappa shape index (κ2) is 4.69. The SMILES string of the molecule is CNc1cc2c(cn1)cc(-c1cnco1)n2C(=O)OC. The third-order valence-electron chi connectivity index (χ3n) is 2.98. The van der Waals surface area contributed by atoms with Crippen LogP contribution in [0.4, 0.5) is 10.6 Å². The number of pyridine rings is 1. The summed E-state index contributed by atoms with van der Waals surface area (Å²) in [7, 11) is 3.09. The number of nitrogens with one attached hydrogen (secondary N) is 1. The lowest BCUT2D eigenvalue weighted by atomic mass is 10.3. The van der Waals surface area contributed by atoms with Gasteiger partial charge < -0.3 is 14.5 Å². The van der Waals surface area contributed by atoms with E-state index in [0.29, 0.717) is 22.8 Å². The van der Waals surface area contributed by atoms with Crippen LogP contribution in [0.15, 0.2) is 35.3 Å². The molecule has 0 amide bonds. The van der Waals surface area contributed by atoms with Gasteiger partial charge in [-0.25, -0.2) is 19.3 Å². The van der Waals surface area contributed by atoms with Crippen molar-refractivity contribution < 1.29 is 13.9 Å². The number of nitrogens with zero attached hydrogens (tertiary/aromatic N) is 3. The molecule has 3 aromatic heterocycles. The summed E-state index contributed by atoms with van der Waals surface area (Å²) in [6, 6.07) is 3.57. The molecule has 7 nitrogen and oxygen atoms in total. The van der Waals surface area contributed by atoms with Crippen molar-refractivity contribution in [1.29, 1.82) is 0 Å². The van der Waals surface area contributed by atoms with E-state index in [4.69, 9.17) is 9.15 Å². The maximum absolute atomic E-state index is 12.0. The van der Waals surface area contributed by atoms with Gasteiger partial charge in [0.2, 0.25) is 0 Å². The summed E-state index contributed by atoms with van der Waals surface area (Å²) in [6.45, 7) is 0. The Kier molecular flexibility index (Phi) is 2.86. The highest BCUT2D eigenvalue weighted by Gasteiger charge is 2.19. The highest BCUT2D eigenvalue weighted by Crippen LogP contribution is 2.29. The second-order valence-corrected chi connectivity index (χ2v) is 4.08. The molecule has 0 radical (unpaired) electrons. The molecule has 1 N–H and O–H groups in total. The quantitative estimate of drug-likeness (QED) is 0.771. The van der Waals surface area contributed by atoms with E-state index in [0.717, 1.165) is 5.39 Å². The monoisotopic (exact) mass is 272 g/mol. The minimum Gasteiger partial charge on any atom is -0.452 e. The van der Waals surface area contributed by atoms with Crippen LogP contribution in [0.2, 0.25) is 0 Å². The fourth-order valence-corrected chi connectivity index (χ4v) is 2.05. The van der Waals surface area contributed by atoms with E-state index in [1.54, 1.807) is 31.6 Å². The number of ether oxygens (including phenoxy) is 1. The molecule has 3 aromatic rings. The van der Waals surface area contributed by atoms with Gasteiger partial charge in [-0.3, -0.25) is 0 Å². The van der Waals surface area contributed by atoms with Gasteiger partial charge in [0.15, 0.2) is 12.2 Å². The molecule has 3 heterocycles. The van der Waals surface area contributed by atoms with Crippen LogP contribution in [0.25, 0.3) is 22.4 Å². The maximum atomic E-state index is 12.0. The Bertz CT molecular complexity index is 761. The van der Waals surface area contributed by atoms with Crippen LogP contribution in [0.3, 0.4) is 0 Å². The third kappa shape index (κ3) is 1.80. The summed E-state index contributed by atoms with van der Waals surface area (Å²) in [6.07, 6.45) is 4.03. The van der Waals surface area contributed by atoms with Crippen molar-refractivity contribution in [2.45, 2.75) is 0 Å². The number of carbonyl (C=O) groups excluding carboxylic acids is 1. The van der Waals surface area contributed by atoms with E-state index in [1.807, 2.05) is 0 Å². The first-order valence-electron chi connectivity index (χ1n) is 5.91. The maximum Gasteiger partial charge on any atom is 0.418 e. The molecule has 0 aliphatic carbocycles. The van der Waals surface area contributed by atoms with Crippen LogP contribution in [0.1, 0.15) is 0 Å². The average Bonchev–Trinajstić information content (AvgIpc) is 3.12. The molecule has 3 rings (SSSR count). The molecule has 0 aliphatic rings. The third-order valence-corrected chi connectivity index (χ3v) is 2.98. The molecule has 20 heavy (non-hydrogen) atoms. The summed E-state index contributed by atoms with van der Waals surface area (Å²) in [5.74, 6) is 1.14. The zero-order chi connectivity index (χ0) is 14.1. The molecule has 0 atom stereocenters. The van der Waals surface area contributed by atoms with E-state index in [-0.39, 0.29) is 0 Å². The Balaban J connectivity index is 2.31. The molecular weight excluding hydrogens is 260 g/mol. The molecule has 0 aliphatic heterocycles. The van der Waals surface area contributed by atoms with Crippen molar-refractivity contribution in [2.75, 3.05) is 19.5 Å². The van der Waals surface area contributed by atoms with Crippen LogP contribution >= 0.6 is 0 Å². The number of carbonyl (C=O) groups is 1. The molecule has 0 spiro atoms. The van der Waals surface area contributed by atoms with Crippen molar-refractivity contribution in [1.82, 2.24) is 14.5 Å². The van der Waals surface area contributed by atoms with Gasteiger partial charge in [0.05, 0.1) is 24.5 Å². The van der Waals surface area contributed by atoms with Crippen LogP contribution in [0, 0.1) is 0 Å². The van der Waals surface area contributed by atoms with Gasteiger partial charge in [0, 0.05) is 24.7 Å². The fourth-order valence-electron chi connectivity index (χ4n) is 2.05. The number of oxazole rings is 1. The molecule has 0 saturated carbocycles. The van der Waals surface area contributed by atoms with Crippen LogP contribution in [-0.4, -0.2) is 34.8 Å². The van der Waals surface area contributed by atoms with Crippen LogP contribution in [0.5, 0.6) is 0 Å². The predicted octanol–water partition coefficient (Wildman–Crippen LogP) is 2.35. The summed E-state index contributed by atoms with van der Waals surface area (Å²) in [4.78, 5) is 20.1. The fraction of sp³-hybridized carbons (Fsp3) is 0.154. The lowest BCUT2D eigenvalue weighted by Crippen LogP contribution is -2.12. The summed E-state index contributed by atoms with van der Waals surface area (Å²) in [5.41, 5.74) is 1.25. The predicted molar refractivity (Wildman–Crippen MR) is 72.6 cm³/mol. The number of anilines is 1. The molecule has 7 heteroatoms. The van der Waals surface area contributed by atoms with Crippen LogP contribution in [-0.2, 0) is 4.74 Å². The molecular formula is C13H12N4O3. The highest BCUT2D eigenvalue weighted by atomic mass is 16.5. The number of hydrogen-bond acceptors (Lipinski definition) is 6. The van der Waals surface area contributed by atoms with Crippen molar-refractivity contribution in [3.8, 4) is 11.5 Å².